The van der Waals surface area contributed by atoms with Gasteiger partial charge in [-0.3, -0.25) is 4.98 Å². The zero-order valence-corrected chi connectivity index (χ0v) is 16.2. The van der Waals surface area contributed by atoms with Crippen LogP contribution in [0.5, 0.6) is 0 Å². The van der Waals surface area contributed by atoms with Crippen LogP contribution in [-0.4, -0.2) is 29.7 Å². The second-order valence-corrected chi connectivity index (χ2v) is 7.31. The lowest BCUT2D eigenvalue weighted by molar-refractivity contribution is 0.764. The quantitative estimate of drug-likeness (QED) is 0.506. The van der Waals surface area contributed by atoms with Crippen LogP contribution in [0.4, 0.5) is 0 Å². The first kappa shape index (κ1) is 17.6. The van der Waals surface area contributed by atoms with Gasteiger partial charge in [-0.05, 0) is 50.2 Å². The fraction of sp³-hybridized carbons (Fsp3) is 0.105. The first-order chi connectivity index (χ1) is 13.1. The number of hydrogen-bond acceptors (Lipinski definition) is 6. The van der Waals surface area contributed by atoms with Gasteiger partial charge in [-0.25, -0.2) is 9.67 Å². The lowest BCUT2D eigenvalue weighted by atomic mass is 10.3. The van der Waals surface area contributed by atoms with Crippen LogP contribution in [-0.2, 0) is 0 Å². The number of hydrogen-bond donors (Lipinski definition) is 0. The van der Waals surface area contributed by atoms with Gasteiger partial charge in [-0.15, -0.1) is 0 Å². The molecule has 4 aromatic rings. The van der Waals surface area contributed by atoms with Gasteiger partial charge in [0.05, 0.1) is 16.3 Å². The van der Waals surface area contributed by atoms with Crippen molar-refractivity contribution in [2.24, 2.45) is 0 Å². The average Bonchev–Trinajstić information content (AvgIpc) is 2.99. The number of pyridine rings is 1. The Morgan fingerprint density at radius 3 is 2.52 bits per heavy atom. The number of halogens is 1. The molecule has 27 heavy (non-hydrogen) atoms. The summed E-state index contributed by atoms with van der Waals surface area (Å²) in [6, 6.07) is 13.4. The van der Waals surface area contributed by atoms with Gasteiger partial charge in [0.15, 0.2) is 5.82 Å². The van der Waals surface area contributed by atoms with E-state index in [0.717, 1.165) is 26.2 Å². The molecule has 0 unspecified atom stereocenters. The van der Waals surface area contributed by atoms with E-state index >= 15 is 0 Å². The van der Waals surface area contributed by atoms with E-state index < -0.39 is 0 Å². The summed E-state index contributed by atoms with van der Waals surface area (Å²) in [6.45, 7) is 3.98. The highest BCUT2D eigenvalue weighted by atomic mass is 35.5. The molecule has 0 amide bonds. The summed E-state index contributed by atoms with van der Waals surface area (Å²) in [7, 11) is 0. The van der Waals surface area contributed by atoms with Gasteiger partial charge in [-0.1, -0.05) is 29.4 Å². The molecule has 0 N–H and O–H groups in total. The molecule has 1 aromatic carbocycles. The molecule has 8 heteroatoms. The van der Waals surface area contributed by atoms with Crippen molar-refractivity contribution in [1.29, 1.82) is 0 Å². The monoisotopic (exact) mass is 394 g/mol. The predicted molar refractivity (Wildman–Crippen MR) is 105 cm³/mol. The van der Waals surface area contributed by atoms with Gasteiger partial charge < -0.3 is 0 Å². The lowest BCUT2D eigenvalue weighted by Crippen LogP contribution is -2.07. The van der Waals surface area contributed by atoms with E-state index in [0.29, 0.717) is 17.5 Å². The zero-order valence-electron chi connectivity index (χ0n) is 14.7. The molecule has 0 aliphatic rings. The van der Waals surface area contributed by atoms with Crippen molar-refractivity contribution in [3.8, 4) is 17.5 Å². The normalized spacial score (nSPS) is 10.9. The molecule has 3 aromatic heterocycles. The summed E-state index contributed by atoms with van der Waals surface area (Å²) in [6.07, 6.45) is 3.19. The highest BCUT2D eigenvalue weighted by molar-refractivity contribution is 7.99. The van der Waals surface area contributed by atoms with Crippen molar-refractivity contribution in [3.05, 3.63) is 71.4 Å². The lowest BCUT2D eigenvalue weighted by Gasteiger charge is -2.05. The Kier molecular flexibility index (Phi) is 4.87. The number of aryl methyl sites for hydroxylation is 1. The van der Waals surface area contributed by atoms with Gasteiger partial charge in [0, 0.05) is 16.1 Å². The topological polar surface area (TPSA) is 69.4 Å². The van der Waals surface area contributed by atoms with E-state index in [-0.39, 0.29) is 0 Å². The fourth-order valence-electron chi connectivity index (χ4n) is 2.60. The first-order valence-electron chi connectivity index (χ1n) is 8.22. The second kappa shape index (κ2) is 7.46. The maximum atomic E-state index is 5.97. The molecule has 6 nitrogen and oxygen atoms in total. The number of rotatable bonds is 4. The van der Waals surface area contributed by atoms with Crippen LogP contribution in [0.2, 0.25) is 5.02 Å². The Balaban J connectivity index is 1.70. The third kappa shape index (κ3) is 3.70. The summed E-state index contributed by atoms with van der Waals surface area (Å²) in [4.78, 5) is 19.5. The molecule has 0 fully saturated rings. The van der Waals surface area contributed by atoms with Crippen molar-refractivity contribution in [2.75, 3.05) is 0 Å². The Morgan fingerprint density at radius 1 is 0.963 bits per heavy atom. The van der Waals surface area contributed by atoms with Gasteiger partial charge in [0.1, 0.15) is 12.0 Å². The third-order valence-electron chi connectivity index (χ3n) is 3.90. The average molecular weight is 395 g/mol. The molecule has 4 rings (SSSR count). The summed E-state index contributed by atoms with van der Waals surface area (Å²) in [5.74, 6) is 0.981. The molecular weight excluding hydrogens is 380 g/mol. The van der Waals surface area contributed by atoms with Crippen LogP contribution < -0.4 is 0 Å². The van der Waals surface area contributed by atoms with Crippen LogP contribution >= 0.6 is 23.4 Å². The highest BCUT2D eigenvalue weighted by Gasteiger charge is 2.16. The van der Waals surface area contributed by atoms with E-state index in [1.54, 1.807) is 22.6 Å². The van der Waals surface area contributed by atoms with Crippen molar-refractivity contribution < 1.29 is 0 Å². The van der Waals surface area contributed by atoms with Crippen LogP contribution in [0.15, 0.2) is 64.8 Å². The second-order valence-electron chi connectivity index (χ2n) is 5.79. The van der Waals surface area contributed by atoms with E-state index in [1.165, 1.54) is 6.33 Å². The molecule has 0 atom stereocenters. The van der Waals surface area contributed by atoms with Crippen molar-refractivity contribution in [3.63, 3.8) is 0 Å². The third-order valence-corrected chi connectivity index (χ3v) is 5.46. The van der Waals surface area contributed by atoms with Gasteiger partial charge in [0.25, 0.3) is 5.95 Å². The van der Waals surface area contributed by atoms with Crippen LogP contribution in [0.3, 0.4) is 0 Å². The molecule has 0 radical (unpaired) electrons. The van der Waals surface area contributed by atoms with Crippen molar-refractivity contribution >= 4 is 23.4 Å². The minimum Gasteiger partial charge on any atom is -0.253 e. The summed E-state index contributed by atoms with van der Waals surface area (Å²) >= 11 is 7.61. The highest BCUT2D eigenvalue weighted by Crippen LogP contribution is 2.34. The molecular formula is C19H15ClN6S. The van der Waals surface area contributed by atoms with Crippen LogP contribution in [0.25, 0.3) is 17.5 Å². The van der Waals surface area contributed by atoms with Crippen LogP contribution in [0, 0.1) is 13.8 Å². The van der Waals surface area contributed by atoms with Crippen molar-refractivity contribution in [1.82, 2.24) is 29.7 Å². The molecule has 0 aliphatic heterocycles. The molecule has 0 saturated carbocycles. The van der Waals surface area contributed by atoms with E-state index in [2.05, 4.69) is 25.0 Å². The molecule has 0 bridgehead atoms. The maximum Gasteiger partial charge on any atom is 0.254 e. The van der Waals surface area contributed by atoms with Gasteiger partial charge in [0.2, 0.25) is 0 Å². The SMILES string of the molecule is Cc1nn(-c2ncnc(-c3ccccn3)n2)c(C)c1Sc1ccc(Cl)cc1. The Morgan fingerprint density at radius 2 is 1.78 bits per heavy atom. The first-order valence-corrected chi connectivity index (χ1v) is 9.42. The summed E-state index contributed by atoms with van der Waals surface area (Å²) in [5.41, 5.74) is 2.57. The standard InChI is InChI=1S/C19H15ClN6S/c1-12-17(27-15-8-6-14(20)7-9-15)13(2)26(25-12)19-23-11-22-18(24-19)16-5-3-4-10-21-16/h3-11H,1-2H3. The molecule has 134 valence electrons. The summed E-state index contributed by atoms with van der Waals surface area (Å²) in [5, 5.41) is 5.34. The van der Waals surface area contributed by atoms with Gasteiger partial charge >= 0.3 is 0 Å². The minimum absolute atomic E-state index is 0.467. The number of nitrogens with zero attached hydrogens (tertiary/aromatic N) is 6. The number of aromatic nitrogens is 6. The van der Waals surface area contributed by atoms with Crippen LogP contribution in [0.1, 0.15) is 11.4 Å². The molecule has 0 aliphatic carbocycles. The Bertz CT molecular complexity index is 1080. The minimum atomic E-state index is 0.467. The van der Waals surface area contributed by atoms with E-state index in [1.807, 2.05) is 56.3 Å². The van der Waals surface area contributed by atoms with Gasteiger partial charge in [-0.2, -0.15) is 15.1 Å². The molecule has 3 heterocycles. The van der Waals surface area contributed by atoms with E-state index in [9.17, 15) is 0 Å². The predicted octanol–water partition coefficient (Wildman–Crippen LogP) is 4.54. The largest absolute Gasteiger partial charge is 0.254 e. The maximum absolute atomic E-state index is 5.97. The molecule has 0 spiro atoms. The van der Waals surface area contributed by atoms with Crippen molar-refractivity contribution in [2.45, 2.75) is 23.6 Å². The van der Waals surface area contributed by atoms with E-state index in [4.69, 9.17) is 11.6 Å². The summed E-state index contributed by atoms with van der Waals surface area (Å²) < 4.78 is 1.74. The molecule has 0 saturated heterocycles. The smallest absolute Gasteiger partial charge is 0.253 e. The Labute approximate surface area is 165 Å². The zero-order chi connectivity index (χ0) is 18.8. The number of benzene rings is 1. The fourth-order valence-corrected chi connectivity index (χ4v) is 3.66. The Hall–Kier alpha value is -2.77.